The van der Waals surface area contributed by atoms with Crippen LogP contribution in [0.2, 0.25) is 0 Å². The summed E-state index contributed by atoms with van der Waals surface area (Å²) in [5, 5.41) is 14.0. The number of amides is 1. The molecule has 1 heterocycles. The number of anilines is 1. The van der Waals surface area contributed by atoms with Crippen LogP contribution in [0.25, 0.3) is 10.2 Å². The Morgan fingerprint density at radius 3 is 2.62 bits per heavy atom. The normalized spacial score (nSPS) is 10.5. The number of benzene rings is 2. The van der Waals surface area contributed by atoms with E-state index >= 15 is 0 Å². The zero-order valence-corrected chi connectivity index (χ0v) is 14.6. The average molecular weight is 371 g/mol. The molecule has 1 aromatic heterocycles. The molecule has 0 aliphatic heterocycles. The van der Waals surface area contributed by atoms with Gasteiger partial charge < -0.3 is 4.74 Å². The van der Waals surface area contributed by atoms with E-state index in [1.54, 1.807) is 0 Å². The Balaban J connectivity index is 1.93. The molecule has 132 valence electrons. The lowest BCUT2D eigenvalue weighted by Gasteiger charge is -2.05. The number of ether oxygens (including phenoxy) is 1. The summed E-state index contributed by atoms with van der Waals surface area (Å²) in [6.45, 7) is 1.95. The minimum absolute atomic E-state index is 0.0324. The number of nitrogens with zero attached hydrogens (tertiary/aromatic N) is 2. The molecule has 0 atom stereocenters. The fourth-order valence-electron chi connectivity index (χ4n) is 2.34. The number of fused-ring (bicyclic) bond motifs is 1. The van der Waals surface area contributed by atoms with Crippen LogP contribution in [0.5, 0.6) is 0 Å². The number of nitro groups is 1. The van der Waals surface area contributed by atoms with Crippen LogP contribution in [-0.4, -0.2) is 28.9 Å². The van der Waals surface area contributed by atoms with Gasteiger partial charge in [0.05, 0.1) is 27.8 Å². The third-order valence-corrected chi connectivity index (χ3v) is 4.51. The highest BCUT2D eigenvalue weighted by Crippen LogP contribution is 2.27. The predicted octanol–water partition coefficient (Wildman–Crippen LogP) is 3.55. The number of esters is 1. The Morgan fingerprint density at radius 1 is 1.19 bits per heavy atom. The number of carbonyl (C=O) groups is 2. The molecule has 0 bridgehead atoms. The summed E-state index contributed by atoms with van der Waals surface area (Å²) in [5.74, 6) is -1.37. The van der Waals surface area contributed by atoms with Crippen LogP contribution in [0.4, 0.5) is 10.8 Å². The van der Waals surface area contributed by atoms with Gasteiger partial charge in [-0.2, -0.15) is 0 Å². The number of carbonyl (C=O) groups excluding carboxylic acids is 2. The number of nitro benzene ring substituents is 1. The number of rotatable bonds is 4. The van der Waals surface area contributed by atoms with Crippen molar-refractivity contribution in [3.63, 3.8) is 0 Å². The first kappa shape index (κ1) is 17.5. The van der Waals surface area contributed by atoms with Gasteiger partial charge in [-0.3, -0.25) is 20.2 Å². The highest BCUT2D eigenvalue weighted by atomic mass is 32.1. The Bertz CT molecular complexity index is 1040. The lowest BCUT2D eigenvalue weighted by atomic mass is 10.1. The highest BCUT2D eigenvalue weighted by molar-refractivity contribution is 7.22. The van der Waals surface area contributed by atoms with Gasteiger partial charge in [0.15, 0.2) is 5.13 Å². The van der Waals surface area contributed by atoms with Gasteiger partial charge >= 0.3 is 5.97 Å². The first-order chi connectivity index (χ1) is 12.4. The predicted molar refractivity (Wildman–Crippen MR) is 96.7 cm³/mol. The van der Waals surface area contributed by atoms with Crippen molar-refractivity contribution in [3.05, 3.63) is 63.2 Å². The van der Waals surface area contributed by atoms with Gasteiger partial charge in [0, 0.05) is 17.7 Å². The number of aromatic nitrogens is 1. The number of nitrogens with one attached hydrogen (secondary N) is 1. The molecule has 0 radical (unpaired) electrons. The molecule has 0 unspecified atom stereocenters. The van der Waals surface area contributed by atoms with Crippen LogP contribution in [0.15, 0.2) is 36.4 Å². The van der Waals surface area contributed by atoms with Gasteiger partial charge in [-0.15, -0.1) is 0 Å². The van der Waals surface area contributed by atoms with E-state index < -0.39 is 16.8 Å². The van der Waals surface area contributed by atoms with Crippen LogP contribution >= 0.6 is 11.3 Å². The second kappa shape index (κ2) is 6.89. The van der Waals surface area contributed by atoms with Crippen LogP contribution in [-0.2, 0) is 4.74 Å². The first-order valence-corrected chi connectivity index (χ1v) is 8.25. The summed E-state index contributed by atoms with van der Waals surface area (Å²) in [6, 6.07) is 9.11. The molecule has 0 saturated carbocycles. The highest BCUT2D eigenvalue weighted by Gasteiger charge is 2.19. The summed E-state index contributed by atoms with van der Waals surface area (Å²) < 4.78 is 5.48. The van der Waals surface area contributed by atoms with Crippen molar-refractivity contribution in [2.45, 2.75) is 6.92 Å². The monoisotopic (exact) mass is 371 g/mol. The van der Waals surface area contributed by atoms with Crippen molar-refractivity contribution in [1.82, 2.24) is 4.98 Å². The van der Waals surface area contributed by atoms with Crippen molar-refractivity contribution in [2.75, 3.05) is 12.4 Å². The van der Waals surface area contributed by atoms with Gasteiger partial charge in [0.1, 0.15) is 0 Å². The van der Waals surface area contributed by atoms with E-state index in [0.717, 1.165) is 35.0 Å². The molecule has 1 amide bonds. The number of hydrogen-bond acceptors (Lipinski definition) is 7. The van der Waals surface area contributed by atoms with Crippen LogP contribution in [0.1, 0.15) is 26.3 Å². The lowest BCUT2D eigenvalue weighted by Crippen LogP contribution is -2.13. The third-order valence-electron chi connectivity index (χ3n) is 3.58. The average Bonchev–Trinajstić information content (AvgIpc) is 3.01. The molecule has 0 aliphatic rings. The van der Waals surface area contributed by atoms with Crippen LogP contribution in [0, 0.1) is 17.0 Å². The van der Waals surface area contributed by atoms with Crippen molar-refractivity contribution in [3.8, 4) is 0 Å². The molecule has 9 heteroatoms. The fraction of sp³-hybridized carbons (Fsp3) is 0.118. The summed E-state index contributed by atoms with van der Waals surface area (Å²) in [4.78, 5) is 38.9. The zero-order valence-electron chi connectivity index (χ0n) is 13.8. The van der Waals surface area contributed by atoms with Crippen molar-refractivity contribution in [2.24, 2.45) is 0 Å². The van der Waals surface area contributed by atoms with E-state index in [1.807, 2.05) is 25.1 Å². The molecule has 3 rings (SSSR count). The van der Waals surface area contributed by atoms with Crippen molar-refractivity contribution >= 4 is 44.2 Å². The number of methoxy groups -OCH3 is 1. The molecule has 0 spiro atoms. The van der Waals surface area contributed by atoms with E-state index in [9.17, 15) is 19.7 Å². The quantitative estimate of drug-likeness (QED) is 0.426. The molecule has 0 fully saturated rings. The van der Waals surface area contributed by atoms with E-state index in [1.165, 1.54) is 17.4 Å². The first-order valence-electron chi connectivity index (χ1n) is 7.43. The second-order valence-electron chi connectivity index (χ2n) is 5.46. The van der Waals surface area contributed by atoms with Crippen molar-refractivity contribution in [1.29, 1.82) is 0 Å². The number of thiazole rings is 1. The maximum absolute atomic E-state index is 12.5. The van der Waals surface area contributed by atoms with E-state index in [-0.39, 0.29) is 16.8 Å². The van der Waals surface area contributed by atoms with Crippen LogP contribution < -0.4 is 5.32 Å². The maximum Gasteiger partial charge on any atom is 0.338 e. The molecular weight excluding hydrogens is 358 g/mol. The van der Waals surface area contributed by atoms with Gasteiger partial charge in [-0.25, -0.2) is 9.78 Å². The Labute approximate surface area is 151 Å². The molecule has 3 aromatic rings. The van der Waals surface area contributed by atoms with E-state index in [4.69, 9.17) is 0 Å². The van der Waals surface area contributed by atoms with Crippen molar-refractivity contribution < 1.29 is 19.2 Å². The second-order valence-corrected chi connectivity index (χ2v) is 6.49. The van der Waals surface area contributed by atoms with E-state index in [2.05, 4.69) is 15.0 Å². The lowest BCUT2D eigenvalue weighted by molar-refractivity contribution is -0.384. The molecule has 26 heavy (non-hydrogen) atoms. The van der Waals surface area contributed by atoms with Gasteiger partial charge in [0.25, 0.3) is 11.6 Å². The summed E-state index contributed by atoms with van der Waals surface area (Å²) in [6.07, 6.45) is 0. The SMILES string of the molecule is COC(=O)c1cc(C(=O)Nc2nc3ccc(C)cc3s2)cc([N+](=O)[O-])c1. The zero-order chi connectivity index (χ0) is 18.8. The summed E-state index contributed by atoms with van der Waals surface area (Å²) in [5.41, 5.74) is 1.32. The Morgan fingerprint density at radius 2 is 1.92 bits per heavy atom. The standard InChI is InChI=1S/C17H13N3O5S/c1-9-3-4-13-14(5-9)26-17(18-13)19-15(21)10-6-11(16(22)25-2)8-12(7-10)20(23)24/h3-8H,1-2H3,(H,18,19,21). The number of aryl methyl sites for hydroxylation is 1. The van der Waals surface area contributed by atoms with Gasteiger partial charge in [-0.05, 0) is 30.7 Å². The molecule has 8 nitrogen and oxygen atoms in total. The Hall–Kier alpha value is -3.33. The van der Waals surface area contributed by atoms with Crippen LogP contribution in [0.3, 0.4) is 0 Å². The number of non-ortho nitro benzene ring substituents is 1. The summed E-state index contributed by atoms with van der Waals surface area (Å²) >= 11 is 1.29. The third kappa shape index (κ3) is 3.52. The minimum atomic E-state index is -0.766. The molecule has 1 N–H and O–H groups in total. The maximum atomic E-state index is 12.5. The number of hydrogen-bond donors (Lipinski definition) is 1. The molecular formula is C17H13N3O5S. The molecule has 0 saturated heterocycles. The smallest absolute Gasteiger partial charge is 0.338 e. The largest absolute Gasteiger partial charge is 0.465 e. The Kier molecular flexibility index (Phi) is 4.63. The van der Waals surface area contributed by atoms with Gasteiger partial charge in [0.2, 0.25) is 0 Å². The fourth-order valence-corrected chi connectivity index (χ4v) is 3.30. The molecule has 2 aromatic carbocycles. The topological polar surface area (TPSA) is 111 Å². The minimum Gasteiger partial charge on any atom is -0.465 e. The van der Waals surface area contributed by atoms with Gasteiger partial charge in [-0.1, -0.05) is 17.4 Å². The summed E-state index contributed by atoms with van der Waals surface area (Å²) in [7, 11) is 1.16. The van der Waals surface area contributed by atoms with E-state index in [0.29, 0.717) is 5.13 Å². The molecule has 0 aliphatic carbocycles.